The predicted molar refractivity (Wildman–Crippen MR) is 176 cm³/mol. The van der Waals surface area contributed by atoms with E-state index in [-0.39, 0.29) is 41.3 Å². The molecule has 4 atom stereocenters. The molecule has 0 spiro atoms. The van der Waals surface area contributed by atoms with E-state index in [0.717, 1.165) is 24.9 Å². The zero-order valence-corrected chi connectivity index (χ0v) is 28.7. The molecule has 2 aliphatic rings. The highest BCUT2D eigenvalue weighted by Gasteiger charge is 2.52. The van der Waals surface area contributed by atoms with E-state index in [4.69, 9.17) is 14.1 Å². The van der Waals surface area contributed by atoms with Crippen molar-refractivity contribution in [3.05, 3.63) is 79.8 Å². The van der Waals surface area contributed by atoms with E-state index >= 15 is 0 Å². The van der Waals surface area contributed by atoms with Crippen molar-refractivity contribution in [2.45, 2.75) is 84.8 Å². The van der Waals surface area contributed by atoms with Crippen LogP contribution in [0.2, 0.25) is 0 Å². The first-order valence-electron chi connectivity index (χ1n) is 15.2. The van der Waals surface area contributed by atoms with Gasteiger partial charge in [0.2, 0.25) is 5.78 Å². The molecule has 2 aliphatic carbocycles. The van der Waals surface area contributed by atoms with Crippen LogP contribution < -0.4 is 10.0 Å². The number of rotatable bonds is 9. The molecule has 1 saturated carbocycles. The number of anilines is 1. The Balaban J connectivity index is 1.47. The van der Waals surface area contributed by atoms with Crippen molar-refractivity contribution in [3.8, 4) is 0 Å². The smallest absolute Gasteiger partial charge is 0.333 e. The number of benzene rings is 1. The van der Waals surface area contributed by atoms with Gasteiger partial charge in [0.1, 0.15) is 0 Å². The van der Waals surface area contributed by atoms with E-state index in [1.807, 2.05) is 13.1 Å². The van der Waals surface area contributed by atoms with Gasteiger partial charge < -0.3 is 9.64 Å². The summed E-state index contributed by atoms with van der Waals surface area (Å²) in [5.41, 5.74) is 7.42. The van der Waals surface area contributed by atoms with Crippen molar-refractivity contribution in [3.63, 3.8) is 0 Å². The monoisotopic (exact) mass is 639 g/mol. The third-order valence-corrected chi connectivity index (χ3v) is 11.8. The van der Waals surface area contributed by atoms with Gasteiger partial charge in [0.15, 0.2) is 0 Å². The Morgan fingerprint density at radius 1 is 1.14 bits per heavy atom. The quantitative estimate of drug-likeness (QED) is 0.285. The number of methoxy groups -OCH3 is 1. The van der Waals surface area contributed by atoms with E-state index in [0.29, 0.717) is 16.9 Å². The lowest BCUT2D eigenvalue weighted by atomic mass is 9.66. The molecule has 0 radical (unpaired) electrons. The molecule has 2 N–H and O–H groups in total. The van der Waals surface area contributed by atoms with Crippen molar-refractivity contribution in [1.29, 1.82) is 0 Å². The number of aromatic nitrogens is 1. The van der Waals surface area contributed by atoms with E-state index in [2.05, 4.69) is 69.6 Å². The van der Waals surface area contributed by atoms with Crippen LogP contribution in [0.3, 0.4) is 0 Å². The van der Waals surface area contributed by atoms with Crippen LogP contribution in [0.1, 0.15) is 88.0 Å². The minimum Gasteiger partial charge on any atom is -0.380 e. The molecule has 8 nitrogen and oxygen atoms in total. The molecule has 238 valence electrons. The van der Waals surface area contributed by atoms with Gasteiger partial charge in [0, 0.05) is 54.2 Å². The molecular formula is C34H45N3O5S2. The number of aryl methyl sites for hydroxylation is 4. The number of pyridine rings is 1. The van der Waals surface area contributed by atoms with Crippen molar-refractivity contribution in [2.24, 2.45) is 16.5 Å². The Hall–Kier alpha value is -2.63. The minimum absolute atomic E-state index is 0.0489. The summed E-state index contributed by atoms with van der Waals surface area (Å²) in [4.78, 5) is 22.6. The van der Waals surface area contributed by atoms with Crippen LogP contribution in [-0.2, 0) is 31.1 Å². The van der Waals surface area contributed by atoms with Gasteiger partial charge in [0.25, 0.3) is 0 Å². The summed E-state index contributed by atoms with van der Waals surface area (Å²) in [6, 6.07) is 8.63. The number of thiophene rings is 1. The lowest BCUT2D eigenvalue weighted by Gasteiger charge is -2.39. The summed E-state index contributed by atoms with van der Waals surface area (Å²) in [5.74, 6) is -0.247. The molecule has 0 bridgehead atoms. The second-order valence-electron chi connectivity index (χ2n) is 13.5. The van der Waals surface area contributed by atoms with Gasteiger partial charge in [0.05, 0.1) is 28.8 Å². The van der Waals surface area contributed by atoms with E-state index in [1.54, 1.807) is 30.8 Å². The summed E-state index contributed by atoms with van der Waals surface area (Å²) in [6.45, 7) is 12.9. The van der Waals surface area contributed by atoms with Crippen molar-refractivity contribution >= 4 is 33.1 Å². The van der Waals surface area contributed by atoms with Crippen LogP contribution in [0, 0.1) is 32.1 Å². The molecule has 1 aromatic carbocycles. The molecule has 0 saturated heterocycles. The summed E-state index contributed by atoms with van der Waals surface area (Å²) < 4.78 is 33.9. The van der Waals surface area contributed by atoms with Crippen molar-refractivity contribution in [1.82, 2.24) is 4.98 Å². The lowest BCUT2D eigenvalue weighted by molar-refractivity contribution is -0.0123. The lowest BCUT2D eigenvalue weighted by Crippen LogP contribution is -2.45. The number of nitrogens with zero attached hydrogens (tertiary/aromatic N) is 2. The maximum absolute atomic E-state index is 14.3. The Bertz CT molecular complexity index is 1680. The minimum atomic E-state index is -4.07. The number of hydrogen-bond acceptors (Lipinski definition) is 8. The molecule has 2 aromatic heterocycles. The molecule has 44 heavy (non-hydrogen) atoms. The molecule has 10 heteroatoms. The molecule has 2 unspecified atom stereocenters. The SMILES string of the molecule is CO[C@@H]1C(COS(N)(=O)=O)C[C@@H](N(C)c2ccncc2C(=O)c2cc(C3(C)CCCc4cc(C)c(C)cc43)c(C)s2)C1(C)C. The molecule has 5 rings (SSSR count). The first-order valence-corrected chi connectivity index (χ1v) is 17.5. The second-order valence-corrected chi connectivity index (χ2v) is 15.9. The standard InChI is InChI=1S/C34H45N3O5S2/c1-20-14-23-10-9-12-34(6,27(23)15-21(20)2)26-17-29(43-22(26)3)31(38)25-18-36-13-11-28(25)37(7)30-16-24(19-42-44(35,39)40)32(41-8)33(30,4)5/h11,13-15,17-18,24,30,32H,9-10,12,16,19H2,1-8H3,(H2,35,39,40)/t24?,30-,32-,34?/m1/s1. The fourth-order valence-electron chi connectivity index (χ4n) is 7.96. The highest BCUT2D eigenvalue weighted by molar-refractivity contribution is 7.84. The largest absolute Gasteiger partial charge is 0.380 e. The Morgan fingerprint density at radius 3 is 2.52 bits per heavy atom. The Morgan fingerprint density at radius 2 is 1.84 bits per heavy atom. The topological polar surface area (TPSA) is 112 Å². The zero-order valence-electron chi connectivity index (χ0n) is 27.1. The highest BCUT2D eigenvalue weighted by Crippen LogP contribution is 2.49. The van der Waals surface area contributed by atoms with Gasteiger partial charge in [-0.2, -0.15) is 8.42 Å². The second kappa shape index (κ2) is 11.9. The molecule has 0 aliphatic heterocycles. The summed E-state index contributed by atoms with van der Waals surface area (Å²) in [5, 5.41) is 5.12. The molecular weight excluding hydrogens is 595 g/mol. The molecule has 3 aromatic rings. The normalized spacial score (nSPS) is 24.7. The molecule has 0 amide bonds. The first kappa shape index (κ1) is 32.8. The van der Waals surface area contributed by atoms with Crippen LogP contribution in [-0.4, -0.2) is 52.1 Å². The number of carbonyl (C=O) groups excluding carboxylic acids is 1. The fourth-order valence-corrected chi connectivity index (χ4v) is 9.43. The van der Waals surface area contributed by atoms with Crippen LogP contribution >= 0.6 is 11.3 Å². The molecule has 2 heterocycles. The fraction of sp³-hybridized carbons (Fsp3) is 0.529. The van der Waals surface area contributed by atoms with E-state index in [9.17, 15) is 13.2 Å². The number of carbonyl (C=O) groups is 1. The number of hydrogen-bond donors (Lipinski definition) is 1. The molecule has 1 fully saturated rings. The maximum Gasteiger partial charge on any atom is 0.333 e. The predicted octanol–water partition coefficient (Wildman–Crippen LogP) is 6.03. The van der Waals surface area contributed by atoms with Gasteiger partial charge in [-0.3, -0.25) is 14.0 Å². The Labute approximate surface area is 266 Å². The van der Waals surface area contributed by atoms with Gasteiger partial charge in [-0.1, -0.05) is 32.9 Å². The highest BCUT2D eigenvalue weighted by atomic mass is 32.2. The summed E-state index contributed by atoms with van der Waals surface area (Å²) in [6.07, 6.45) is 6.94. The third kappa shape index (κ3) is 5.87. The van der Waals surface area contributed by atoms with Gasteiger partial charge >= 0.3 is 10.3 Å². The van der Waals surface area contributed by atoms with Gasteiger partial charge in [-0.25, -0.2) is 5.14 Å². The number of fused-ring (bicyclic) bond motifs is 1. The number of ketones is 1. The van der Waals surface area contributed by atoms with Crippen molar-refractivity contribution in [2.75, 3.05) is 25.7 Å². The average Bonchev–Trinajstić information content (AvgIpc) is 3.48. The van der Waals surface area contributed by atoms with Crippen LogP contribution in [0.4, 0.5) is 5.69 Å². The van der Waals surface area contributed by atoms with E-state index in [1.165, 1.54) is 32.7 Å². The zero-order chi connectivity index (χ0) is 32.2. The van der Waals surface area contributed by atoms with Crippen LogP contribution in [0.15, 0.2) is 36.7 Å². The van der Waals surface area contributed by atoms with Gasteiger partial charge in [-0.05, 0) is 86.4 Å². The first-order chi connectivity index (χ1) is 20.6. The maximum atomic E-state index is 14.3. The van der Waals surface area contributed by atoms with Gasteiger partial charge in [-0.15, -0.1) is 11.3 Å². The summed E-state index contributed by atoms with van der Waals surface area (Å²) >= 11 is 1.56. The van der Waals surface area contributed by atoms with Crippen LogP contribution in [0.25, 0.3) is 0 Å². The van der Waals surface area contributed by atoms with Crippen molar-refractivity contribution < 1.29 is 22.1 Å². The van der Waals surface area contributed by atoms with E-state index < -0.39 is 10.3 Å². The van der Waals surface area contributed by atoms with Crippen LogP contribution in [0.5, 0.6) is 0 Å². The average molecular weight is 640 g/mol. The number of ether oxygens (including phenoxy) is 1. The number of nitrogens with two attached hydrogens (primary N) is 1. The Kier molecular flexibility index (Phi) is 8.89. The third-order valence-electron chi connectivity index (χ3n) is 10.3. The summed E-state index contributed by atoms with van der Waals surface area (Å²) in [7, 11) is -0.470.